The van der Waals surface area contributed by atoms with Crippen LogP contribution in [0.4, 0.5) is 5.13 Å². The van der Waals surface area contributed by atoms with E-state index in [1.54, 1.807) is 23.1 Å². The summed E-state index contributed by atoms with van der Waals surface area (Å²) in [6, 6.07) is 14.3. The van der Waals surface area contributed by atoms with Crippen LogP contribution >= 0.6 is 23.1 Å². The van der Waals surface area contributed by atoms with Crippen LogP contribution in [0.3, 0.4) is 0 Å². The fraction of sp³-hybridized carbons (Fsp3) is 0.391. The summed E-state index contributed by atoms with van der Waals surface area (Å²) in [4.78, 5) is 23.2. The number of nitrogens with zero attached hydrogens (tertiary/aromatic N) is 3. The molecule has 4 rings (SSSR count). The highest BCUT2D eigenvalue weighted by atomic mass is 32.2. The van der Waals surface area contributed by atoms with E-state index < -0.39 is 0 Å². The van der Waals surface area contributed by atoms with Crippen molar-refractivity contribution < 1.29 is 4.79 Å². The van der Waals surface area contributed by atoms with Crippen LogP contribution in [0.15, 0.2) is 47.4 Å². The monoisotopic (exact) mass is 440 g/mol. The lowest BCUT2D eigenvalue weighted by atomic mass is 10.2. The number of aromatic nitrogens is 1. The van der Waals surface area contributed by atoms with Crippen molar-refractivity contribution in [1.82, 2.24) is 15.2 Å². The molecule has 0 bridgehead atoms. The van der Waals surface area contributed by atoms with Crippen LogP contribution in [0.25, 0.3) is 10.2 Å². The summed E-state index contributed by atoms with van der Waals surface area (Å²) < 4.78 is 1.26. The van der Waals surface area contributed by atoms with E-state index in [2.05, 4.69) is 47.2 Å². The van der Waals surface area contributed by atoms with Crippen LogP contribution in [-0.4, -0.2) is 60.8 Å². The van der Waals surface area contributed by atoms with Gasteiger partial charge in [0.15, 0.2) is 5.13 Å². The van der Waals surface area contributed by atoms with E-state index in [1.165, 1.54) is 15.2 Å². The summed E-state index contributed by atoms with van der Waals surface area (Å²) in [6.07, 6.45) is 0. The number of fused-ring (bicyclic) bond motifs is 1. The standard InChI is InChI=1S/C23H28N4OS2/c1-3-29-19-7-5-18(6-8-19)22(28)24-10-11-26-12-14-27(15-13-26)23-25-20-9-4-17(2)16-21(20)30-23/h4-9,16H,3,10-15H2,1-2H3,(H,24,28). The third-order valence-electron chi connectivity index (χ3n) is 5.32. The second-order valence-corrected chi connectivity index (χ2v) is 9.86. The Morgan fingerprint density at radius 3 is 2.63 bits per heavy atom. The molecule has 0 spiro atoms. The first-order chi connectivity index (χ1) is 14.6. The third-order valence-corrected chi connectivity index (χ3v) is 7.29. The molecule has 1 N–H and O–H groups in total. The molecule has 1 aliphatic rings. The van der Waals surface area contributed by atoms with Crippen molar-refractivity contribution in [3.05, 3.63) is 53.6 Å². The van der Waals surface area contributed by atoms with Gasteiger partial charge in [-0.05, 0) is 54.6 Å². The van der Waals surface area contributed by atoms with E-state index in [1.807, 2.05) is 24.3 Å². The van der Waals surface area contributed by atoms with Gasteiger partial charge in [0.05, 0.1) is 10.2 Å². The van der Waals surface area contributed by atoms with Gasteiger partial charge < -0.3 is 10.2 Å². The summed E-state index contributed by atoms with van der Waals surface area (Å²) in [7, 11) is 0. The lowest BCUT2D eigenvalue weighted by Crippen LogP contribution is -2.48. The fourth-order valence-electron chi connectivity index (χ4n) is 3.62. The molecule has 7 heteroatoms. The molecule has 0 unspecified atom stereocenters. The number of benzene rings is 2. The number of carbonyl (C=O) groups excluding carboxylic acids is 1. The van der Waals surface area contributed by atoms with E-state index in [9.17, 15) is 4.79 Å². The highest BCUT2D eigenvalue weighted by molar-refractivity contribution is 7.99. The molecule has 158 valence electrons. The van der Waals surface area contributed by atoms with Gasteiger partial charge in [-0.2, -0.15) is 0 Å². The molecule has 1 saturated heterocycles. The van der Waals surface area contributed by atoms with Crippen LogP contribution < -0.4 is 10.2 Å². The molecule has 1 fully saturated rings. The van der Waals surface area contributed by atoms with Crippen molar-refractivity contribution >= 4 is 44.4 Å². The SMILES string of the molecule is CCSc1ccc(C(=O)NCCN2CCN(c3nc4ccc(C)cc4s3)CC2)cc1. The van der Waals surface area contributed by atoms with E-state index in [4.69, 9.17) is 4.98 Å². The maximum Gasteiger partial charge on any atom is 0.251 e. The van der Waals surface area contributed by atoms with Crippen molar-refractivity contribution in [2.24, 2.45) is 0 Å². The number of nitrogens with one attached hydrogen (secondary N) is 1. The lowest BCUT2D eigenvalue weighted by Gasteiger charge is -2.34. The summed E-state index contributed by atoms with van der Waals surface area (Å²) in [5, 5.41) is 4.17. The van der Waals surface area contributed by atoms with E-state index in [0.29, 0.717) is 6.54 Å². The Labute approximate surface area is 186 Å². The quantitative estimate of drug-likeness (QED) is 0.556. The minimum absolute atomic E-state index is 0.00598. The first-order valence-corrected chi connectivity index (χ1v) is 12.3. The topological polar surface area (TPSA) is 48.5 Å². The molecular weight excluding hydrogens is 412 g/mol. The van der Waals surface area contributed by atoms with Gasteiger partial charge in [0.25, 0.3) is 5.91 Å². The van der Waals surface area contributed by atoms with Crippen LogP contribution in [0.5, 0.6) is 0 Å². The van der Waals surface area contributed by atoms with Crippen molar-refractivity contribution in [2.75, 3.05) is 49.9 Å². The van der Waals surface area contributed by atoms with Crippen LogP contribution in [-0.2, 0) is 0 Å². The second kappa shape index (κ2) is 9.81. The number of rotatable bonds is 7. The Morgan fingerprint density at radius 2 is 1.90 bits per heavy atom. The second-order valence-electron chi connectivity index (χ2n) is 7.51. The third kappa shape index (κ3) is 5.14. The molecule has 2 aromatic carbocycles. The maximum atomic E-state index is 12.4. The maximum absolute atomic E-state index is 12.4. The summed E-state index contributed by atoms with van der Waals surface area (Å²) >= 11 is 3.57. The minimum atomic E-state index is 0.00598. The smallest absolute Gasteiger partial charge is 0.251 e. The van der Waals surface area contributed by atoms with Crippen molar-refractivity contribution in [3.63, 3.8) is 0 Å². The molecule has 0 atom stereocenters. The van der Waals surface area contributed by atoms with E-state index in [0.717, 1.165) is 54.7 Å². The first-order valence-electron chi connectivity index (χ1n) is 10.5. The van der Waals surface area contributed by atoms with Crippen LogP contribution in [0, 0.1) is 6.92 Å². The van der Waals surface area contributed by atoms with E-state index in [-0.39, 0.29) is 5.91 Å². The highest BCUT2D eigenvalue weighted by Gasteiger charge is 2.19. The number of carbonyl (C=O) groups is 1. The number of amides is 1. The summed E-state index contributed by atoms with van der Waals surface area (Å²) in [5.74, 6) is 1.05. The van der Waals surface area contributed by atoms with Gasteiger partial charge in [-0.1, -0.05) is 24.3 Å². The predicted octanol–water partition coefficient (Wildman–Crippen LogP) is 4.27. The number of aryl methyl sites for hydroxylation is 1. The molecule has 3 aromatic rings. The number of thiazole rings is 1. The number of hydrogen-bond donors (Lipinski definition) is 1. The number of piperazine rings is 1. The molecule has 5 nitrogen and oxygen atoms in total. The summed E-state index contributed by atoms with van der Waals surface area (Å²) in [5.41, 5.74) is 3.10. The fourth-order valence-corrected chi connectivity index (χ4v) is 5.39. The van der Waals surface area contributed by atoms with Gasteiger partial charge in [0.1, 0.15) is 0 Å². The Morgan fingerprint density at radius 1 is 1.13 bits per heavy atom. The lowest BCUT2D eigenvalue weighted by molar-refractivity contribution is 0.0947. The molecule has 0 aliphatic carbocycles. The van der Waals surface area contributed by atoms with Crippen molar-refractivity contribution in [3.8, 4) is 0 Å². The minimum Gasteiger partial charge on any atom is -0.351 e. The largest absolute Gasteiger partial charge is 0.351 e. The average molecular weight is 441 g/mol. The van der Waals surface area contributed by atoms with Gasteiger partial charge in [-0.25, -0.2) is 4.98 Å². The molecule has 1 aliphatic heterocycles. The number of hydrogen-bond acceptors (Lipinski definition) is 6. The Bertz CT molecular complexity index is 994. The van der Waals surface area contributed by atoms with E-state index >= 15 is 0 Å². The molecule has 1 amide bonds. The van der Waals surface area contributed by atoms with Gasteiger partial charge in [0, 0.05) is 49.7 Å². The van der Waals surface area contributed by atoms with Gasteiger partial charge in [-0.15, -0.1) is 11.8 Å². The Balaban J connectivity index is 1.22. The first kappa shape index (κ1) is 21.2. The average Bonchev–Trinajstić information content (AvgIpc) is 3.18. The molecule has 2 heterocycles. The Kier molecular flexibility index (Phi) is 6.92. The zero-order chi connectivity index (χ0) is 20.9. The van der Waals surface area contributed by atoms with Crippen molar-refractivity contribution in [2.45, 2.75) is 18.7 Å². The number of anilines is 1. The Hall–Kier alpha value is -2.09. The highest BCUT2D eigenvalue weighted by Crippen LogP contribution is 2.30. The molecule has 0 saturated carbocycles. The zero-order valence-electron chi connectivity index (χ0n) is 17.6. The summed E-state index contributed by atoms with van der Waals surface area (Å²) in [6.45, 7) is 9.74. The van der Waals surface area contributed by atoms with Gasteiger partial charge in [0.2, 0.25) is 0 Å². The van der Waals surface area contributed by atoms with Gasteiger partial charge >= 0.3 is 0 Å². The normalized spacial score (nSPS) is 14.9. The molecular formula is C23H28N4OS2. The van der Waals surface area contributed by atoms with Crippen LogP contribution in [0.1, 0.15) is 22.8 Å². The molecule has 1 aromatic heterocycles. The van der Waals surface area contributed by atoms with Crippen molar-refractivity contribution in [1.29, 1.82) is 0 Å². The molecule has 0 radical (unpaired) electrons. The predicted molar refractivity (Wildman–Crippen MR) is 128 cm³/mol. The number of thioether (sulfide) groups is 1. The molecule has 30 heavy (non-hydrogen) atoms. The van der Waals surface area contributed by atoms with Crippen LogP contribution in [0.2, 0.25) is 0 Å². The zero-order valence-corrected chi connectivity index (χ0v) is 19.2. The van der Waals surface area contributed by atoms with Gasteiger partial charge in [-0.3, -0.25) is 9.69 Å².